The summed E-state index contributed by atoms with van der Waals surface area (Å²) in [6.07, 6.45) is -3.04. The van der Waals surface area contributed by atoms with Gasteiger partial charge >= 0.3 is 6.18 Å². The number of nitrogens with one attached hydrogen (secondary N) is 1. The van der Waals surface area contributed by atoms with Gasteiger partial charge in [0.1, 0.15) is 0 Å². The predicted molar refractivity (Wildman–Crippen MR) is 149 cm³/mol. The van der Waals surface area contributed by atoms with Gasteiger partial charge in [-0.05, 0) is 48.2 Å². The molecule has 0 spiro atoms. The highest BCUT2D eigenvalue weighted by Gasteiger charge is 2.30. The van der Waals surface area contributed by atoms with E-state index < -0.39 is 29.7 Å². The third-order valence-electron chi connectivity index (χ3n) is 6.61. The number of rotatable bonds is 14. The number of carbonyl (C=O) groups is 3. The van der Waals surface area contributed by atoms with Gasteiger partial charge in [-0.25, -0.2) is 0 Å². The van der Waals surface area contributed by atoms with Crippen molar-refractivity contribution < 1.29 is 27.6 Å². The molecule has 2 atom stereocenters. The fraction of sp³-hybridized carbons (Fsp3) is 0.379. The van der Waals surface area contributed by atoms with Gasteiger partial charge < -0.3 is 27.4 Å². The van der Waals surface area contributed by atoms with Crippen LogP contribution in [0.1, 0.15) is 29.5 Å². The van der Waals surface area contributed by atoms with Crippen LogP contribution in [0.5, 0.6) is 0 Å². The zero-order chi connectivity index (χ0) is 30.0. The molecule has 0 aliphatic heterocycles. The summed E-state index contributed by atoms with van der Waals surface area (Å²) < 4.78 is 39.1. The molecule has 12 heteroatoms. The van der Waals surface area contributed by atoms with Crippen LogP contribution in [0.15, 0.2) is 60.8 Å². The van der Waals surface area contributed by atoms with Crippen LogP contribution in [0.2, 0.25) is 0 Å². The third-order valence-corrected chi connectivity index (χ3v) is 6.61. The Morgan fingerprint density at radius 3 is 2.24 bits per heavy atom. The Kier molecular flexibility index (Phi) is 11.3. The van der Waals surface area contributed by atoms with Gasteiger partial charge in [0.05, 0.1) is 23.2 Å². The Hall–Kier alpha value is -3.87. The van der Waals surface area contributed by atoms with Crippen LogP contribution in [0.4, 0.5) is 13.2 Å². The molecule has 2 aromatic carbocycles. The largest absolute Gasteiger partial charge is 0.416 e. The van der Waals surface area contributed by atoms with Crippen molar-refractivity contribution in [2.24, 2.45) is 17.2 Å². The highest BCUT2D eigenvalue weighted by Crippen LogP contribution is 2.29. The Morgan fingerprint density at radius 1 is 0.951 bits per heavy atom. The maximum absolute atomic E-state index is 13.4. The number of aromatic nitrogens is 1. The molecule has 41 heavy (non-hydrogen) atoms. The fourth-order valence-corrected chi connectivity index (χ4v) is 4.37. The van der Waals surface area contributed by atoms with Crippen LogP contribution in [0.25, 0.3) is 10.9 Å². The fourth-order valence-electron chi connectivity index (χ4n) is 4.37. The first-order valence-electron chi connectivity index (χ1n) is 13.3. The lowest BCUT2D eigenvalue weighted by Crippen LogP contribution is -2.50. The summed E-state index contributed by atoms with van der Waals surface area (Å²) in [5.41, 5.74) is 18.1. The maximum atomic E-state index is 13.4. The zero-order valence-corrected chi connectivity index (χ0v) is 22.6. The Morgan fingerprint density at radius 2 is 1.61 bits per heavy atom. The van der Waals surface area contributed by atoms with E-state index in [1.54, 1.807) is 6.20 Å². The number of Topliss-reactive ketones (excluding diaryl/α,β-unsaturated/α-hetero) is 1. The van der Waals surface area contributed by atoms with Crippen LogP contribution in [0.3, 0.4) is 0 Å². The molecule has 0 radical (unpaired) electrons. The summed E-state index contributed by atoms with van der Waals surface area (Å²) in [6, 6.07) is 11.5. The number of halogens is 3. The SMILES string of the molecule is NCCN(CCN)C(=O)CC[C@@H](N)C(=O)N[C@H](Cc1ccc(C(F)(F)F)cc1)C(=O)Cc1cnc2ccccc2c1. The Labute approximate surface area is 236 Å². The second kappa shape index (κ2) is 14.7. The molecule has 0 unspecified atom stereocenters. The summed E-state index contributed by atoms with van der Waals surface area (Å²) in [5, 5.41) is 3.49. The monoisotopic (exact) mass is 572 g/mol. The van der Waals surface area contributed by atoms with E-state index in [-0.39, 0.29) is 50.5 Å². The van der Waals surface area contributed by atoms with Crippen molar-refractivity contribution in [3.8, 4) is 0 Å². The summed E-state index contributed by atoms with van der Waals surface area (Å²) >= 11 is 0. The molecule has 3 aromatic rings. The third kappa shape index (κ3) is 9.34. The highest BCUT2D eigenvalue weighted by atomic mass is 19.4. The van der Waals surface area contributed by atoms with Crippen molar-refractivity contribution in [1.82, 2.24) is 15.2 Å². The van der Waals surface area contributed by atoms with Gasteiger partial charge in [-0.2, -0.15) is 13.2 Å². The van der Waals surface area contributed by atoms with Gasteiger partial charge in [0, 0.05) is 50.6 Å². The number of pyridine rings is 1. The molecule has 0 bridgehead atoms. The van der Waals surface area contributed by atoms with Crippen molar-refractivity contribution in [2.75, 3.05) is 26.2 Å². The minimum absolute atomic E-state index is 0.0190. The molecule has 0 aliphatic carbocycles. The minimum Gasteiger partial charge on any atom is -0.345 e. The first kappa shape index (κ1) is 31.7. The van der Waals surface area contributed by atoms with E-state index in [0.29, 0.717) is 24.2 Å². The second-order valence-electron chi connectivity index (χ2n) is 9.74. The second-order valence-corrected chi connectivity index (χ2v) is 9.74. The Bertz CT molecular complexity index is 1330. The molecule has 0 saturated heterocycles. The number of para-hydroxylation sites is 1. The van der Waals surface area contributed by atoms with E-state index in [9.17, 15) is 27.6 Å². The smallest absolute Gasteiger partial charge is 0.345 e. The maximum Gasteiger partial charge on any atom is 0.416 e. The standard InChI is InChI=1S/C29H35F3N6O3/c30-29(31,32)22-7-5-19(6-8-22)16-25(26(39)17-20-15-21-3-1-2-4-24(21)36-18-20)37-28(41)23(35)9-10-27(40)38(13-11-33)14-12-34/h1-8,15,18,23,25H,9-14,16-17,33-35H2,(H,37,41)/t23-,25-/m1/s1. The molecule has 7 N–H and O–H groups in total. The number of amides is 2. The predicted octanol–water partition coefficient (Wildman–Crippen LogP) is 1.95. The summed E-state index contributed by atoms with van der Waals surface area (Å²) in [5.74, 6) is -1.26. The van der Waals surface area contributed by atoms with Crippen molar-refractivity contribution >= 4 is 28.5 Å². The molecule has 1 heterocycles. The lowest BCUT2D eigenvalue weighted by Gasteiger charge is -2.23. The molecule has 2 amide bonds. The molecule has 0 aliphatic rings. The average molecular weight is 573 g/mol. The number of hydrogen-bond donors (Lipinski definition) is 4. The van der Waals surface area contributed by atoms with Gasteiger partial charge in [0.15, 0.2) is 5.78 Å². The van der Waals surface area contributed by atoms with Crippen LogP contribution >= 0.6 is 0 Å². The van der Waals surface area contributed by atoms with E-state index in [0.717, 1.165) is 23.0 Å². The molecule has 0 fully saturated rings. The number of hydrogen-bond acceptors (Lipinski definition) is 7. The number of fused-ring (bicyclic) bond motifs is 1. The van der Waals surface area contributed by atoms with E-state index in [2.05, 4.69) is 10.3 Å². The number of benzene rings is 2. The Balaban J connectivity index is 1.73. The number of nitrogens with two attached hydrogens (primary N) is 3. The van der Waals surface area contributed by atoms with E-state index in [4.69, 9.17) is 17.2 Å². The van der Waals surface area contributed by atoms with Crippen molar-refractivity contribution in [3.05, 3.63) is 77.5 Å². The number of nitrogens with zero attached hydrogens (tertiary/aromatic N) is 2. The van der Waals surface area contributed by atoms with E-state index >= 15 is 0 Å². The topological polar surface area (TPSA) is 157 Å². The molecular weight excluding hydrogens is 537 g/mol. The van der Waals surface area contributed by atoms with Crippen molar-refractivity contribution in [2.45, 2.75) is 43.9 Å². The summed E-state index contributed by atoms with van der Waals surface area (Å²) in [7, 11) is 0. The summed E-state index contributed by atoms with van der Waals surface area (Å²) in [4.78, 5) is 44.7. The lowest BCUT2D eigenvalue weighted by molar-refractivity contribution is -0.137. The van der Waals surface area contributed by atoms with Gasteiger partial charge in [-0.15, -0.1) is 0 Å². The van der Waals surface area contributed by atoms with Crippen LogP contribution in [-0.4, -0.2) is 65.7 Å². The molecule has 9 nitrogen and oxygen atoms in total. The van der Waals surface area contributed by atoms with Gasteiger partial charge in [0.2, 0.25) is 11.8 Å². The number of carbonyl (C=O) groups excluding carboxylic acids is 3. The molecule has 0 saturated carbocycles. The van der Waals surface area contributed by atoms with Gasteiger partial charge in [0.25, 0.3) is 0 Å². The molecule has 220 valence electrons. The molecule has 1 aromatic heterocycles. The van der Waals surface area contributed by atoms with E-state index in [1.165, 1.54) is 17.0 Å². The first-order chi connectivity index (χ1) is 19.5. The number of ketones is 1. The van der Waals surface area contributed by atoms with Crippen molar-refractivity contribution in [1.29, 1.82) is 0 Å². The van der Waals surface area contributed by atoms with Crippen LogP contribution in [0, 0.1) is 0 Å². The normalized spacial score (nSPS) is 13.0. The van der Waals surface area contributed by atoms with Crippen molar-refractivity contribution in [3.63, 3.8) is 0 Å². The average Bonchev–Trinajstić information content (AvgIpc) is 2.94. The highest BCUT2D eigenvalue weighted by molar-refractivity contribution is 5.93. The zero-order valence-electron chi connectivity index (χ0n) is 22.6. The van der Waals surface area contributed by atoms with E-state index in [1.807, 2.05) is 30.3 Å². The quantitative estimate of drug-likeness (QED) is 0.230. The molecule has 3 rings (SSSR count). The minimum atomic E-state index is -4.50. The van der Waals surface area contributed by atoms with Gasteiger partial charge in [-0.3, -0.25) is 19.4 Å². The summed E-state index contributed by atoms with van der Waals surface area (Å²) in [6.45, 7) is 1.17. The first-order valence-corrected chi connectivity index (χ1v) is 13.3. The number of alkyl halides is 3. The van der Waals surface area contributed by atoms with Gasteiger partial charge in [-0.1, -0.05) is 30.3 Å². The van der Waals surface area contributed by atoms with Crippen LogP contribution in [-0.2, 0) is 33.4 Å². The van der Waals surface area contributed by atoms with Crippen LogP contribution < -0.4 is 22.5 Å². The lowest BCUT2D eigenvalue weighted by atomic mass is 9.96. The molecular formula is C29H35F3N6O3.